The van der Waals surface area contributed by atoms with Crippen LogP contribution in [0.15, 0.2) is 24.3 Å². The monoisotopic (exact) mass is 274 g/mol. The molecule has 0 aromatic heterocycles. The van der Waals surface area contributed by atoms with Crippen molar-refractivity contribution in [3.63, 3.8) is 0 Å². The summed E-state index contributed by atoms with van der Waals surface area (Å²) in [7, 11) is 0. The van der Waals surface area contributed by atoms with Gasteiger partial charge in [0, 0.05) is 38.0 Å². The average molecular weight is 274 g/mol. The zero-order valence-corrected chi connectivity index (χ0v) is 12.2. The van der Waals surface area contributed by atoms with E-state index in [1.807, 2.05) is 24.3 Å². The fraction of sp³-hybridized carbons (Fsp3) is 0.500. The van der Waals surface area contributed by atoms with Crippen LogP contribution < -0.4 is 10.2 Å². The van der Waals surface area contributed by atoms with Gasteiger partial charge < -0.3 is 10.2 Å². The van der Waals surface area contributed by atoms with E-state index in [9.17, 15) is 9.59 Å². The van der Waals surface area contributed by atoms with Gasteiger partial charge in [-0.25, -0.2) is 0 Å². The Bertz CT molecular complexity index is 499. The number of amides is 2. The summed E-state index contributed by atoms with van der Waals surface area (Å²) in [5.74, 6) is 0.215. The molecule has 0 aliphatic carbocycles. The Morgan fingerprint density at radius 1 is 1.35 bits per heavy atom. The SMILES string of the molecule is CCCCNC(=O)CC1CN(C(C)=O)c2ccccc21. The highest BCUT2D eigenvalue weighted by Gasteiger charge is 2.31. The van der Waals surface area contributed by atoms with Gasteiger partial charge in [-0.05, 0) is 18.1 Å². The largest absolute Gasteiger partial charge is 0.356 e. The number of benzene rings is 1. The molecule has 1 aromatic carbocycles. The Balaban J connectivity index is 2.03. The molecule has 2 amide bonds. The lowest BCUT2D eigenvalue weighted by Gasteiger charge is -2.15. The number of fused-ring (bicyclic) bond motifs is 1. The van der Waals surface area contributed by atoms with Crippen molar-refractivity contribution in [1.82, 2.24) is 5.32 Å². The van der Waals surface area contributed by atoms with E-state index in [4.69, 9.17) is 0 Å². The number of hydrogen-bond donors (Lipinski definition) is 1. The number of unbranched alkanes of at least 4 members (excludes halogenated alkanes) is 1. The van der Waals surface area contributed by atoms with Crippen molar-refractivity contribution in [2.75, 3.05) is 18.0 Å². The maximum atomic E-state index is 11.9. The minimum absolute atomic E-state index is 0.0336. The van der Waals surface area contributed by atoms with E-state index in [2.05, 4.69) is 12.2 Å². The van der Waals surface area contributed by atoms with Crippen molar-refractivity contribution < 1.29 is 9.59 Å². The lowest BCUT2D eigenvalue weighted by Crippen LogP contribution is -2.30. The zero-order valence-electron chi connectivity index (χ0n) is 12.2. The molecule has 1 aliphatic rings. The molecule has 4 heteroatoms. The first kappa shape index (κ1) is 14.6. The van der Waals surface area contributed by atoms with Gasteiger partial charge in [0.05, 0.1) is 0 Å². The van der Waals surface area contributed by atoms with Crippen LogP contribution in [-0.2, 0) is 9.59 Å². The molecule has 1 aliphatic heterocycles. The number of carbonyl (C=O) groups excluding carboxylic acids is 2. The Kier molecular flexibility index (Phi) is 4.77. The number of para-hydroxylation sites is 1. The van der Waals surface area contributed by atoms with Gasteiger partial charge in [-0.1, -0.05) is 31.5 Å². The molecule has 1 heterocycles. The predicted octanol–water partition coefficient (Wildman–Crippen LogP) is 2.44. The van der Waals surface area contributed by atoms with E-state index >= 15 is 0 Å². The number of hydrogen-bond acceptors (Lipinski definition) is 2. The molecular weight excluding hydrogens is 252 g/mol. The molecule has 20 heavy (non-hydrogen) atoms. The number of rotatable bonds is 5. The van der Waals surface area contributed by atoms with Gasteiger partial charge in [0.2, 0.25) is 11.8 Å². The third-order valence-corrected chi connectivity index (χ3v) is 3.73. The highest BCUT2D eigenvalue weighted by atomic mass is 16.2. The number of nitrogens with one attached hydrogen (secondary N) is 1. The maximum absolute atomic E-state index is 11.9. The first-order valence-corrected chi connectivity index (χ1v) is 7.27. The number of carbonyl (C=O) groups is 2. The molecule has 0 spiro atoms. The Morgan fingerprint density at radius 3 is 2.80 bits per heavy atom. The lowest BCUT2D eigenvalue weighted by molar-refractivity contribution is -0.121. The maximum Gasteiger partial charge on any atom is 0.223 e. The highest BCUT2D eigenvalue weighted by molar-refractivity contribution is 5.94. The van der Waals surface area contributed by atoms with Crippen molar-refractivity contribution in [3.8, 4) is 0 Å². The summed E-state index contributed by atoms with van der Waals surface area (Å²) >= 11 is 0. The topological polar surface area (TPSA) is 49.4 Å². The third-order valence-electron chi connectivity index (χ3n) is 3.73. The molecule has 0 saturated heterocycles. The van der Waals surface area contributed by atoms with Crippen LogP contribution in [0.1, 0.15) is 44.6 Å². The van der Waals surface area contributed by atoms with Gasteiger partial charge in [0.1, 0.15) is 0 Å². The standard InChI is InChI=1S/C16H22N2O2/c1-3-4-9-17-16(20)10-13-11-18(12(2)19)15-8-6-5-7-14(13)15/h5-8,13H,3-4,9-11H2,1-2H3,(H,17,20). The quantitative estimate of drug-likeness (QED) is 0.838. The minimum atomic E-state index is 0.0336. The van der Waals surface area contributed by atoms with Crippen LogP contribution >= 0.6 is 0 Å². The Morgan fingerprint density at radius 2 is 2.10 bits per heavy atom. The summed E-state index contributed by atoms with van der Waals surface area (Å²) in [4.78, 5) is 25.4. The first-order chi connectivity index (χ1) is 9.63. The van der Waals surface area contributed by atoms with Crippen molar-refractivity contribution in [1.29, 1.82) is 0 Å². The second kappa shape index (κ2) is 6.55. The van der Waals surface area contributed by atoms with Gasteiger partial charge in [0.15, 0.2) is 0 Å². The number of nitrogens with zero attached hydrogens (tertiary/aromatic N) is 1. The summed E-state index contributed by atoms with van der Waals surface area (Å²) in [5.41, 5.74) is 2.06. The van der Waals surface area contributed by atoms with Gasteiger partial charge in [-0.3, -0.25) is 9.59 Å². The molecule has 0 saturated carbocycles. The van der Waals surface area contributed by atoms with Gasteiger partial charge >= 0.3 is 0 Å². The fourth-order valence-corrected chi connectivity index (χ4v) is 2.67. The van der Waals surface area contributed by atoms with E-state index < -0.39 is 0 Å². The molecule has 2 rings (SSSR count). The van der Waals surface area contributed by atoms with Gasteiger partial charge in [0.25, 0.3) is 0 Å². The van der Waals surface area contributed by atoms with E-state index in [0.717, 1.165) is 30.6 Å². The van der Waals surface area contributed by atoms with Crippen LogP contribution in [0.3, 0.4) is 0 Å². The van der Waals surface area contributed by atoms with E-state index in [-0.39, 0.29) is 17.7 Å². The van der Waals surface area contributed by atoms with Crippen molar-refractivity contribution in [2.24, 2.45) is 0 Å². The molecule has 4 nitrogen and oxygen atoms in total. The number of anilines is 1. The van der Waals surface area contributed by atoms with E-state index in [1.165, 1.54) is 0 Å². The predicted molar refractivity (Wildman–Crippen MR) is 79.7 cm³/mol. The van der Waals surface area contributed by atoms with Gasteiger partial charge in [-0.15, -0.1) is 0 Å². The minimum Gasteiger partial charge on any atom is -0.356 e. The molecule has 1 atom stereocenters. The van der Waals surface area contributed by atoms with Crippen LogP contribution in [0.4, 0.5) is 5.69 Å². The van der Waals surface area contributed by atoms with Crippen LogP contribution in [0.25, 0.3) is 0 Å². The molecule has 1 unspecified atom stereocenters. The molecule has 1 aromatic rings. The lowest BCUT2D eigenvalue weighted by atomic mass is 9.97. The van der Waals surface area contributed by atoms with Crippen molar-refractivity contribution >= 4 is 17.5 Å². The molecule has 1 N–H and O–H groups in total. The Hall–Kier alpha value is -1.84. The van der Waals surface area contributed by atoms with E-state index in [0.29, 0.717) is 13.0 Å². The molecule has 0 bridgehead atoms. The zero-order chi connectivity index (χ0) is 14.5. The summed E-state index contributed by atoms with van der Waals surface area (Å²) < 4.78 is 0. The van der Waals surface area contributed by atoms with Crippen LogP contribution in [-0.4, -0.2) is 24.9 Å². The van der Waals surface area contributed by atoms with Crippen molar-refractivity contribution in [2.45, 2.75) is 39.0 Å². The Labute approximate surface area is 120 Å². The molecule has 0 radical (unpaired) electrons. The summed E-state index contributed by atoms with van der Waals surface area (Å²) in [6.07, 6.45) is 2.53. The molecule has 0 fully saturated rings. The second-order valence-electron chi connectivity index (χ2n) is 5.29. The fourth-order valence-electron chi connectivity index (χ4n) is 2.67. The van der Waals surface area contributed by atoms with E-state index in [1.54, 1.807) is 11.8 Å². The van der Waals surface area contributed by atoms with Crippen LogP contribution in [0.2, 0.25) is 0 Å². The van der Waals surface area contributed by atoms with Gasteiger partial charge in [-0.2, -0.15) is 0 Å². The molecule has 108 valence electrons. The highest BCUT2D eigenvalue weighted by Crippen LogP contribution is 2.37. The summed E-state index contributed by atoms with van der Waals surface area (Å²) in [6.45, 7) is 5.01. The van der Waals surface area contributed by atoms with Crippen LogP contribution in [0.5, 0.6) is 0 Å². The third kappa shape index (κ3) is 3.18. The smallest absolute Gasteiger partial charge is 0.223 e. The second-order valence-corrected chi connectivity index (χ2v) is 5.29. The van der Waals surface area contributed by atoms with Crippen molar-refractivity contribution in [3.05, 3.63) is 29.8 Å². The summed E-state index contributed by atoms with van der Waals surface area (Å²) in [6, 6.07) is 7.86. The normalized spacial score (nSPS) is 16.9. The van der Waals surface area contributed by atoms with Crippen LogP contribution in [0, 0.1) is 0 Å². The first-order valence-electron chi connectivity index (χ1n) is 7.27. The average Bonchev–Trinajstić information content (AvgIpc) is 2.78. The molecular formula is C16H22N2O2. The summed E-state index contributed by atoms with van der Waals surface area (Å²) in [5, 5.41) is 2.94.